The number of cyclic esters (lactones) is 1. The molecular weight excluding hydrogens is 438 g/mol. The average Bonchev–Trinajstić information content (AvgIpc) is 3.24. The van der Waals surface area contributed by atoms with E-state index in [1.807, 2.05) is 91.9 Å². The van der Waals surface area contributed by atoms with Gasteiger partial charge in [0.15, 0.2) is 0 Å². The SMILES string of the molecule is CCOC(=O)C1(c2ccccc2)c2cc3ccccc3cc2CN2C(=O)OC[C@]21c1ccccc1. The fourth-order valence-corrected chi connectivity index (χ4v) is 6.04. The summed E-state index contributed by atoms with van der Waals surface area (Å²) in [4.78, 5) is 29.5. The Balaban J connectivity index is 1.81. The number of carbonyl (C=O) groups excluding carboxylic acids is 2. The summed E-state index contributed by atoms with van der Waals surface area (Å²) in [6.07, 6.45) is -0.433. The minimum absolute atomic E-state index is 0.0375. The van der Waals surface area contributed by atoms with E-state index < -0.39 is 23.0 Å². The lowest BCUT2D eigenvalue weighted by atomic mass is 9.55. The van der Waals surface area contributed by atoms with E-state index in [1.165, 1.54) is 0 Å². The van der Waals surface area contributed by atoms with E-state index in [2.05, 4.69) is 12.1 Å². The molecule has 2 aliphatic heterocycles. The molecule has 0 saturated carbocycles. The molecule has 0 bridgehead atoms. The van der Waals surface area contributed by atoms with Gasteiger partial charge in [0.1, 0.15) is 17.6 Å². The Morgan fingerprint density at radius 1 is 0.886 bits per heavy atom. The molecule has 174 valence electrons. The van der Waals surface area contributed by atoms with Crippen molar-refractivity contribution in [2.24, 2.45) is 0 Å². The average molecular weight is 464 g/mol. The van der Waals surface area contributed by atoms with Crippen LogP contribution in [0.3, 0.4) is 0 Å². The van der Waals surface area contributed by atoms with Gasteiger partial charge in [-0.15, -0.1) is 0 Å². The zero-order valence-corrected chi connectivity index (χ0v) is 19.4. The maximum Gasteiger partial charge on any atom is 0.411 e. The monoisotopic (exact) mass is 463 g/mol. The summed E-state index contributed by atoms with van der Waals surface area (Å²) in [6, 6.07) is 31.7. The van der Waals surface area contributed by atoms with Crippen molar-refractivity contribution in [2.75, 3.05) is 13.2 Å². The topological polar surface area (TPSA) is 55.8 Å². The summed E-state index contributed by atoms with van der Waals surface area (Å²) >= 11 is 0. The number of hydrogen-bond acceptors (Lipinski definition) is 4. The first kappa shape index (κ1) is 21.4. The lowest BCUT2D eigenvalue weighted by Crippen LogP contribution is -2.66. The minimum atomic E-state index is -1.34. The molecule has 6 rings (SSSR count). The van der Waals surface area contributed by atoms with Crippen LogP contribution in [-0.2, 0) is 31.8 Å². The summed E-state index contributed by atoms with van der Waals surface area (Å²) in [7, 11) is 0. The van der Waals surface area contributed by atoms with Crippen LogP contribution >= 0.6 is 0 Å². The minimum Gasteiger partial charge on any atom is -0.465 e. The molecule has 2 aliphatic rings. The van der Waals surface area contributed by atoms with Gasteiger partial charge in [-0.3, -0.25) is 9.69 Å². The molecule has 0 aliphatic carbocycles. The second-order valence-corrected chi connectivity index (χ2v) is 9.06. The number of nitrogens with zero attached hydrogens (tertiary/aromatic N) is 1. The Kier molecular flexibility index (Phi) is 4.88. The third kappa shape index (κ3) is 2.81. The van der Waals surface area contributed by atoms with Crippen molar-refractivity contribution in [3.8, 4) is 0 Å². The maximum atomic E-state index is 14.4. The number of fused-ring (bicyclic) bond motifs is 3. The summed E-state index contributed by atoms with van der Waals surface area (Å²) in [5.41, 5.74) is 0.901. The molecule has 5 heteroatoms. The normalized spacial score (nSPS) is 22.9. The van der Waals surface area contributed by atoms with Crippen LogP contribution < -0.4 is 0 Å². The van der Waals surface area contributed by atoms with Gasteiger partial charge in [-0.05, 0) is 52.1 Å². The Labute approximate surface area is 203 Å². The van der Waals surface area contributed by atoms with E-state index in [4.69, 9.17) is 9.47 Å². The number of carbonyl (C=O) groups is 2. The van der Waals surface area contributed by atoms with Gasteiger partial charge in [-0.1, -0.05) is 84.9 Å². The molecule has 0 aromatic heterocycles. The molecule has 0 spiro atoms. The summed E-state index contributed by atoms with van der Waals surface area (Å²) in [5.74, 6) is -0.394. The number of rotatable bonds is 4. The van der Waals surface area contributed by atoms with Gasteiger partial charge < -0.3 is 9.47 Å². The fourth-order valence-electron chi connectivity index (χ4n) is 6.04. The van der Waals surface area contributed by atoms with Crippen molar-refractivity contribution >= 4 is 22.8 Å². The molecule has 0 radical (unpaired) electrons. The molecule has 5 nitrogen and oxygen atoms in total. The smallest absolute Gasteiger partial charge is 0.411 e. The Hall–Kier alpha value is -4.12. The summed E-state index contributed by atoms with van der Waals surface area (Å²) in [5, 5.41) is 2.08. The first-order chi connectivity index (χ1) is 17.1. The van der Waals surface area contributed by atoms with E-state index in [0.29, 0.717) is 6.54 Å². The van der Waals surface area contributed by atoms with Gasteiger partial charge in [0.2, 0.25) is 0 Å². The van der Waals surface area contributed by atoms with Crippen molar-refractivity contribution in [3.63, 3.8) is 0 Å². The molecule has 1 amide bonds. The van der Waals surface area contributed by atoms with Crippen LogP contribution in [0.5, 0.6) is 0 Å². The zero-order valence-electron chi connectivity index (χ0n) is 19.4. The molecule has 1 unspecified atom stereocenters. The van der Waals surface area contributed by atoms with Gasteiger partial charge in [0, 0.05) is 0 Å². The highest BCUT2D eigenvalue weighted by molar-refractivity contribution is 5.96. The van der Waals surface area contributed by atoms with Crippen molar-refractivity contribution < 1.29 is 19.1 Å². The highest BCUT2D eigenvalue weighted by Crippen LogP contribution is 2.58. The van der Waals surface area contributed by atoms with Gasteiger partial charge in [0.05, 0.1) is 13.2 Å². The second-order valence-electron chi connectivity index (χ2n) is 9.06. The largest absolute Gasteiger partial charge is 0.465 e. The van der Waals surface area contributed by atoms with Crippen LogP contribution in [-0.4, -0.2) is 30.2 Å². The molecule has 35 heavy (non-hydrogen) atoms. The van der Waals surface area contributed by atoms with Crippen molar-refractivity contribution in [1.82, 2.24) is 4.90 Å². The Morgan fingerprint density at radius 3 is 2.14 bits per heavy atom. The van der Waals surface area contributed by atoms with E-state index in [-0.39, 0.29) is 13.2 Å². The lowest BCUT2D eigenvalue weighted by molar-refractivity contribution is -0.155. The standard InChI is InChI=1S/C30H25NO4/c1-2-34-27(32)30(25-15-7-4-8-16-25)26-18-22-12-10-9-11-21(22)17-23(26)19-31-28(33)35-20-29(30,31)24-13-5-3-6-14-24/h3-18H,2,19-20H2,1H3/t29-,30?/m1/s1. The van der Waals surface area contributed by atoms with Crippen LogP contribution in [0.4, 0.5) is 4.79 Å². The van der Waals surface area contributed by atoms with Gasteiger partial charge >= 0.3 is 12.1 Å². The summed E-state index contributed by atoms with van der Waals surface area (Å²) < 4.78 is 11.6. The highest BCUT2D eigenvalue weighted by Gasteiger charge is 2.70. The van der Waals surface area contributed by atoms with Crippen LogP contribution in [0, 0.1) is 0 Å². The number of ether oxygens (including phenoxy) is 2. The quantitative estimate of drug-likeness (QED) is 0.373. The van der Waals surface area contributed by atoms with Gasteiger partial charge in [-0.25, -0.2) is 4.79 Å². The fraction of sp³-hybridized carbons (Fsp3) is 0.200. The van der Waals surface area contributed by atoms with Crippen molar-refractivity contribution in [3.05, 3.63) is 119 Å². The van der Waals surface area contributed by atoms with Crippen LogP contribution in [0.15, 0.2) is 97.1 Å². The van der Waals surface area contributed by atoms with Crippen molar-refractivity contribution in [2.45, 2.75) is 24.4 Å². The lowest BCUT2D eigenvalue weighted by Gasteiger charge is -2.53. The first-order valence-corrected chi connectivity index (χ1v) is 11.9. The van der Waals surface area contributed by atoms with Crippen molar-refractivity contribution in [1.29, 1.82) is 0 Å². The summed E-state index contributed by atoms with van der Waals surface area (Å²) in [6.45, 7) is 2.40. The number of esters is 1. The first-order valence-electron chi connectivity index (χ1n) is 11.9. The van der Waals surface area contributed by atoms with Gasteiger partial charge in [0.25, 0.3) is 0 Å². The van der Waals surface area contributed by atoms with Crippen LogP contribution in [0.2, 0.25) is 0 Å². The molecule has 4 aromatic carbocycles. The van der Waals surface area contributed by atoms with Gasteiger partial charge in [-0.2, -0.15) is 0 Å². The van der Waals surface area contributed by atoms with E-state index in [1.54, 1.807) is 4.90 Å². The molecule has 1 fully saturated rings. The second kappa shape index (κ2) is 7.98. The van der Waals surface area contributed by atoms with Crippen LogP contribution in [0.25, 0.3) is 10.8 Å². The number of hydrogen-bond donors (Lipinski definition) is 0. The Morgan fingerprint density at radius 2 is 1.49 bits per heavy atom. The van der Waals surface area contributed by atoms with Crippen LogP contribution in [0.1, 0.15) is 29.2 Å². The number of benzene rings is 4. The molecule has 2 heterocycles. The maximum absolute atomic E-state index is 14.4. The number of amides is 1. The highest BCUT2D eigenvalue weighted by atomic mass is 16.6. The third-order valence-corrected chi connectivity index (χ3v) is 7.45. The molecule has 4 aromatic rings. The van der Waals surface area contributed by atoms with E-state index in [0.717, 1.165) is 33.0 Å². The predicted molar refractivity (Wildman–Crippen MR) is 133 cm³/mol. The Bertz CT molecular complexity index is 1430. The zero-order chi connectivity index (χ0) is 24.0. The molecular formula is C30H25NO4. The predicted octanol–water partition coefficient (Wildman–Crippen LogP) is 5.55. The molecule has 2 atom stereocenters. The van der Waals surface area contributed by atoms with E-state index in [9.17, 15) is 9.59 Å². The molecule has 0 N–H and O–H groups in total. The molecule has 1 saturated heterocycles. The van der Waals surface area contributed by atoms with E-state index >= 15 is 0 Å². The third-order valence-electron chi connectivity index (χ3n) is 7.45.